The highest BCUT2D eigenvalue weighted by Crippen LogP contribution is 2.69. The Balaban J connectivity index is 1.15. The van der Waals surface area contributed by atoms with Crippen LogP contribution in [0.1, 0.15) is 53.5 Å². The van der Waals surface area contributed by atoms with Gasteiger partial charge in [-0.15, -0.1) is 23.2 Å². The maximum absolute atomic E-state index is 13.8. The van der Waals surface area contributed by atoms with Gasteiger partial charge in [-0.1, -0.05) is 72.6 Å². The van der Waals surface area contributed by atoms with E-state index >= 15 is 0 Å². The van der Waals surface area contributed by atoms with Crippen molar-refractivity contribution >= 4 is 58.2 Å². The number of rotatable bonds is 7. The summed E-state index contributed by atoms with van der Waals surface area (Å²) in [5, 5.41) is 3.46. The van der Waals surface area contributed by atoms with Crippen LogP contribution in [0.3, 0.4) is 0 Å². The first-order chi connectivity index (χ1) is 18.7. The molecule has 200 valence electrons. The molecule has 0 aromatic heterocycles. The van der Waals surface area contributed by atoms with Crippen LogP contribution in [-0.2, 0) is 24.1 Å². The van der Waals surface area contributed by atoms with Gasteiger partial charge in [-0.25, -0.2) is 0 Å². The number of imide groups is 1. The van der Waals surface area contributed by atoms with Gasteiger partial charge in [0.15, 0.2) is 0 Å². The van der Waals surface area contributed by atoms with E-state index in [-0.39, 0.29) is 24.3 Å². The molecule has 1 N–H and O–H groups in total. The van der Waals surface area contributed by atoms with Crippen LogP contribution in [0.2, 0.25) is 5.02 Å². The molecule has 1 aliphatic heterocycles. The molecule has 1 heterocycles. The second-order valence-corrected chi connectivity index (χ2v) is 12.2. The van der Waals surface area contributed by atoms with E-state index in [0.717, 1.165) is 27.8 Å². The second kappa shape index (κ2) is 9.65. The molecule has 3 aliphatic carbocycles. The molecule has 1 fully saturated rings. The molecule has 3 aromatic rings. The minimum atomic E-state index is -1.16. The first-order valence-corrected chi connectivity index (χ1v) is 14.3. The first-order valence-electron chi connectivity index (χ1n) is 13.2. The number of likely N-dealkylation sites (tertiary alicyclic amines) is 1. The Bertz CT molecular complexity index is 1400. The lowest BCUT2D eigenvalue weighted by atomic mass is 9.54. The van der Waals surface area contributed by atoms with Crippen molar-refractivity contribution in [3.8, 4) is 0 Å². The molecule has 5 nitrogen and oxygen atoms in total. The van der Waals surface area contributed by atoms with Gasteiger partial charge in [0.05, 0.1) is 11.8 Å². The van der Waals surface area contributed by atoms with E-state index in [0.29, 0.717) is 36.4 Å². The number of nitrogens with zero attached hydrogens (tertiary/aromatic N) is 1. The summed E-state index contributed by atoms with van der Waals surface area (Å²) in [7, 11) is 0. The van der Waals surface area contributed by atoms with Crippen molar-refractivity contribution in [3.05, 3.63) is 99.6 Å². The number of hydrogen-bond acceptors (Lipinski definition) is 3. The Morgan fingerprint density at radius 3 is 1.82 bits per heavy atom. The Labute approximate surface area is 242 Å². The minimum absolute atomic E-state index is 0.102. The average molecular weight is 582 g/mol. The van der Waals surface area contributed by atoms with Crippen LogP contribution in [0.25, 0.3) is 0 Å². The van der Waals surface area contributed by atoms with Gasteiger partial charge >= 0.3 is 0 Å². The molecule has 8 heteroatoms. The molecule has 4 aliphatic rings. The molecular weight excluding hydrogens is 555 g/mol. The van der Waals surface area contributed by atoms with Crippen LogP contribution in [0, 0.1) is 18.8 Å². The minimum Gasteiger partial charge on any atom is -0.326 e. The third kappa shape index (κ3) is 3.85. The summed E-state index contributed by atoms with van der Waals surface area (Å²) < 4.78 is 0. The van der Waals surface area contributed by atoms with Gasteiger partial charge in [0.2, 0.25) is 17.7 Å². The molecule has 0 saturated carbocycles. The first kappa shape index (κ1) is 26.4. The third-order valence-electron chi connectivity index (χ3n) is 8.42. The number of nitrogens with one attached hydrogen (secondary N) is 1. The zero-order chi connectivity index (χ0) is 27.5. The zero-order valence-electron chi connectivity index (χ0n) is 21.3. The van der Waals surface area contributed by atoms with Gasteiger partial charge in [0, 0.05) is 23.7 Å². The molecule has 3 amide bonds. The fourth-order valence-electron chi connectivity index (χ4n) is 6.57. The highest BCUT2D eigenvalue weighted by Gasteiger charge is 2.72. The number of alkyl halides is 2. The normalized spacial score (nSPS) is 26.3. The van der Waals surface area contributed by atoms with Crippen molar-refractivity contribution in [2.24, 2.45) is 11.8 Å². The number of aryl methyl sites for hydroxylation is 1. The Morgan fingerprint density at radius 2 is 1.33 bits per heavy atom. The number of benzene rings is 3. The van der Waals surface area contributed by atoms with Crippen LogP contribution in [0.15, 0.2) is 66.7 Å². The van der Waals surface area contributed by atoms with E-state index < -0.39 is 21.6 Å². The number of unbranched alkanes of at least 4 members (excludes halogenated alkanes) is 2. The molecule has 7 rings (SSSR count). The molecule has 2 atom stereocenters. The summed E-state index contributed by atoms with van der Waals surface area (Å²) >= 11 is 21.0. The Kier molecular flexibility index (Phi) is 6.53. The molecule has 3 aromatic carbocycles. The fraction of sp³-hybridized carbons (Fsp3) is 0.323. The Morgan fingerprint density at radius 1 is 0.821 bits per heavy atom. The number of hydrogen-bond donors (Lipinski definition) is 1. The highest BCUT2D eigenvalue weighted by atomic mass is 35.5. The van der Waals surface area contributed by atoms with Crippen LogP contribution in [0.4, 0.5) is 5.69 Å². The van der Waals surface area contributed by atoms with Crippen molar-refractivity contribution in [2.45, 2.75) is 42.4 Å². The van der Waals surface area contributed by atoms with E-state index in [9.17, 15) is 14.4 Å². The maximum atomic E-state index is 13.8. The quantitative estimate of drug-likeness (QED) is 0.191. The van der Waals surface area contributed by atoms with Gasteiger partial charge in [-0.05, 0) is 59.7 Å². The fourth-order valence-corrected chi connectivity index (χ4v) is 7.85. The largest absolute Gasteiger partial charge is 0.326 e. The standard InChI is InChI=1S/C31H27Cl3N2O3/c1-18-14-15-19(17-24(18)32)35-25(37)13-3-2-8-16-36-28(38)26-27(29(36)39)31(34)21-10-5-4-9-20(21)30(26,33)22-11-6-7-12-23(22)31/h4-7,9-12,14-15,17,26-27H,2-3,8,13,16H2,1H3,(H,35,37)/t26-,27-,30?,31?/m0/s1. The van der Waals surface area contributed by atoms with Gasteiger partial charge in [0.25, 0.3) is 0 Å². The lowest BCUT2D eigenvalue weighted by Gasteiger charge is -2.54. The molecule has 0 radical (unpaired) electrons. The predicted molar refractivity (Wildman–Crippen MR) is 153 cm³/mol. The van der Waals surface area contributed by atoms with E-state index in [1.54, 1.807) is 6.07 Å². The molecule has 39 heavy (non-hydrogen) atoms. The summed E-state index contributed by atoms with van der Waals surface area (Å²) in [5.41, 5.74) is 4.79. The summed E-state index contributed by atoms with van der Waals surface area (Å²) in [5.74, 6) is -2.21. The predicted octanol–water partition coefficient (Wildman–Crippen LogP) is 6.74. The van der Waals surface area contributed by atoms with Gasteiger partial charge in [-0.2, -0.15) is 0 Å². The topological polar surface area (TPSA) is 66.5 Å². The SMILES string of the molecule is Cc1ccc(NC(=O)CCCCCN2C(=O)[C@@H]3[C@@H](C2=O)C2(Cl)c4ccccc4C3(Cl)c3ccccc32)cc1Cl. The van der Waals surface area contributed by atoms with Crippen molar-refractivity contribution in [1.29, 1.82) is 0 Å². The van der Waals surface area contributed by atoms with E-state index in [1.807, 2.05) is 67.6 Å². The van der Waals surface area contributed by atoms with Gasteiger partial charge < -0.3 is 5.32 Å². The molecule has 0 spiro atoms. The lowest BCUT2D eigenvalue weighted by molar-refractivity contribution is -0.140. The molecular formula is C31H27Cl3N2O3. The van der Waals surface area contributed by atoms with Crippen LogP contribution < -0.4 is 5.32 Å². The number of anilines is 1. The monoisotopic (exact) mass is 580 g/mol. The smallest absolute Gasteiger partial charge is 0.235 e. The third-order valence-corrected chi connectivity index (χ3v) is 10.1. The van der Waals surface area contributed by atoms with Crippen LogP contribution in [0.5, 0.6) is 0 Å². The molecule has 1 saturated heterocycles. The summed E-state index contributed by atoms with van der Waals surface area (Å²) in [4.78, 5) is 39.0. The Hall–Kier alpha value is -2.86. The summed E-state index contributed by atoms with van der Waals surface area (Å²) in [6.45, 7) is 2.17. The van der Waals surface area contributed by atoms with E-state index in [2.05, 4.69) is 5.32 Å². The van der Waals surface area contributed by atoms with E-state index in [4.69, 9.17) is 34.8 Å². The van der Waals surface area contributed by atoms with Crippen molar-refractivity contribution < 1.29 is 14.4 Å². The number of carbonyl (C=O) groups is 3. The summed E-state index contributed by atoms with van der Waals surface area (Å²) in [6.07, 6.45) is 2.24. The number of carbonyl (C=O) groups excluding carboxylic acids is 3. The number of halogens is 3. The summed E-state index contributed by atoms with van der Waals surface area (Å²) in [6, 6.07) is 20.7. The van der Waals surface area contributed by atoms with E-state index in [1.165, 1.54) is 4.90 Å². The maximum Gasteiger partial charge on any atom is 0.235 e. The van der Waals surface area contributed by atoms with Crippen molar-refractivity contribution in [3.63, 3.8) is 0 Å². The van der Waals surface area contributed by atoms with Crippen LogP contribution >= 0.6 is 34.8 Å². The zero-order valence-corrected chi connectivity index (χ0v) is 23.6. The van der Waals surface area contributed by atoms with Gasteiger partial charge in [0.1, 0.15) is 9.75 Å². The highest BCUT2D eigenvalue weighted by molar-refractivity contribution is 6.36. The molecule has 0 unspecified atom stereocenters. The van der Waals surface area contributed by atoms with Crippen molar-refractivity contribution in [2.75, 3.05) is 11.9 Å². The second-order valence-electron chi connectivity index (χ2n) is 10.6. The lowest BCUT2D eigenvalue weighted by Crippen LogP contribution is -2.57. The van der Waals surface area contributed by atoms with Crippen LogP contribution in [-0.4, -0.2) is 29.2 Å². The number of amides is 3. The average Bonchev–Trinajstić information content (AvgIpc) is 3.19. The van der Waals surface area contributed by atoms with Gasteiger partial charge in [-0.3, -0.25) is 19.3 Å². The van der Waals surface area contributed by atoms with Crippen molar-refractivity contribution in [1.82, 2.24) is 4.90 Å². The molecule has 2 bridgehead atoms.